The summed E-state index contributed by atoms with van der Waals surface area (Å²) in [7, 11) is 0. The average molecular weight is 575 g/mol. The van der Waals surface area contributed by atoms with E-state index in [4.69, 9.17) is 4.98 Å². The van der Waals surface area contributed by atoms with Gasteiger partial charge in [-0.15, -0.1) is 0 Å². The van der Waals surface area contributed by atoms with Crippen LogP contribution in [0.4, 0.5) is 5.69 Å². The van der Waals surface area contributed by atoms with Gasteiger partial charge in [-0.05, 0) is 48.7 Å². The van der Waals surface area contributed by atoms with E-state index in [1.54, 1.807) is 18.2 Å². The zero-order valence-electron chi connectivity index (χ0n) is 23.1. The van der Waals surface area contributed by atoms with Gasteiger partial charge in [-0.25, -0.2) is 4.98 Å². The lowest BCUT2D eigenvalue weighted by atomic mass is 9.93. The zero-order valence-corrected chi connectivity index (χ0v) is 23.1. The lowest BCUT2D eigenvalue weighted by Crippen LogP contribution is -2.44. The number of nitrogens with one attached hydrogen (secondary N) is 2. The van der Waals surface area contributed by atoms with Crippen LogP contribution in [-0.2, 0) is 0 Å². The van der Waals surface area contributed by atoms with Crippen molar-refractivity contribution in [2.75, 3.05) is 31.4 Å². The number of imide groups is 1. The van der Waals surface area contributed by atoms with Crippen LogP contribution in [-0.4, -0.2) is 59.0 Å². The Kier molecular flexibility index (Phi) is 7.80. The SMILES string of the molecule is O=C(NCCCNCCN1C(=O)c2cccc3cc(N([O-])O)cc(c23)C1=O)c1cc(-c2ccccc2)nc2ccccc12. The number of aromatic nitrogens is 1. The lowest BCUT2D eigenvalue weighted by molar-refractivity contribution is 0.0611. The van der Waals surface area contributed by atoms with Crippen molar-refractivity contribution in [3.8, 4) is 11.3 Å². The molecule has 0 aliphatic carbocycles. The van der Waals surface area contributed by atoms with E-state index in [1.165, 1.54) is 12.1 Å². The van der Waals surface area contributed by atoms with Crippen LogP contribution in [0.1, 0.15) is 37.5 Å². The second-order valence-electron chi connectivity index (χ2n) is 10.2. The number of fused-ring (bicyclic) bond motifs is 1. The fourth-order valence-electron chi connectivity index (χ4n) is 5.40. The third-order valence-electron chi connectivity index (χ3n) is 7.49. The maximum Gasteiger partial charge on any atom is 0.261 e. The van der Waals surface area contributed by atoms with Crippen LogP contribution in [0.5, 0.6) is 0 Å². The summed E-state index contributed by atoms with van der Waals surface area (Å²) in [6.07, 6.45) is 0.628. The maximum absolute atomic E-state index is 13.2. The van der Waals surface area contributed by atoms with Crippen molar-refractivity contribution in [2.45, 2.75) is 6.42 Å². The molecule has 0 unspecified atom stereocenters. The molecule has 6 rings (SSSR count). The molecule has 5 aromatic rings. The Balaban J connectivity index is 1.04. The van der Waals surface area contributed by atoms with Crippen LogP contribution >= 0.6 is 0 Å². The maximum atomic E-state index is 13.2. The smallest absolute Gasteiger partial charge is 0.261 e. The quantitative estimate of drug-likeness (QED) is 0.123. The highest BCUT2D eigenvalue weighted by Gasteiger charge is 2.32. The van der Waals surface area contributed by atoms with Crippen molar-refractivity contribution in [2.24, 2.45) is 0 Å². The van der Waals surface area contributed by atoms with Crippen molar-refractivity contribution >= 4 is 45.1 Å². The molecule has 4 aromatic carbocycles. The molecule has 10 heteroatoms. The van der Waals surface area contributed by atoms with E-state index in [9.17, 15) is 24.8 Å². The Morgan fingerprint density at radius 3 is 2.44 bits per heavy atom. The van der Waals surface area contributed by atoms with Gasteiger partial charge in [0.05, 0.1) is 28.0 Å². The largest absolute Gasteiger partial charge is 0.733 e. The van der Waals surface area contributed by atoms with Crippen LogP contribution in [0.3, 0.4) is 0 Å². The van der Waals surface area contributed by atoms with Crippen molar-refractivity contribution in [3.63, 3.8) is 0 Å². The van der Waals surface area contributed by atoms with E-state index in [0.717, 1.165) is 27.1 Å². The number of hydrogen-bond donors (Lipinski definition) is 3. The Bertz CT molecular complexity index is 1860. The van der Waals surface area contributed by atoms with Gasteiger partial charge in [0.1, 0.15) is 0 Å². The number of anilines is 1. The topological polar surface area (TPSA) is 138 Å². The van der Waals surface area contributed by atoms with E-state index < -0.39 is 11.8 Å². The number of amides is 3. The lowest BCUT2D eigenvalue weighted by Gasteiger charge is -2.29. The van der Waals surface area contributed by atoms with Crippen LogP contribution < -0.4 is 15.9 Å². The number of hydrogen-bond acceptors (Lipinski definition) is 8. The van der Waals surface area contributed by atoms with Crippen molar-refractivity contribution in [1.29, 1.82) is 0 Å². The molecule has 0 radical (unpaired) electrons. The Morgan fingerprint density at radius 2 is 1.63 bits per heavy atom. The number of nitrogens with zero attached hydrogens (tertiary/aromatic N) is 3. The molecule has 0 atom stereocenters. The second kappa shape index (κ2) is 12.0. The van der Waals surface area contributed by atoms with Gasteiger partial charge in [0.25, 0.3) is 17.7 Å². The Morgan fingerprint density at radius 1 is 0.860 bits per heavy atom. The fourth-order valence-corrected chi connectivity index (χ4v) is 5.40. The number of carbonyl (C=O) groups is 3. The highest BCUT2D eigenvalue weighted by atomic mass is 16.8. The van der Waals surface area contributed by atoms with Crippen LogP contribution in [0.25, 0.3) is 32.9 Å². The van der Waals surface area contributed by atoms with Gasteiger partial charge in [0.2, 0.25) is 0 Å². The summed E-state index contributed by atoms with van der Waals surface area (Å²) in [5.41, 5.74) is 3.44. The molecule has 1 aliphatic heterocycles. The minimum Gasteiger partial charge on any atom is -0.733 e. The summed E-state index contributed by atoms with van der Waals surface area (Å²) in [4.78, 5) is 45.4. The van der Waals surface area contributed by atoms with Crippen molar-refractivity contribution in [3.05, 3.63) is 113 Å². The first-order valence-corrected chi connectivity index (χ1v) is 14.0. The number of pyridine rings is 1. The normalized spacial score (nSPS) is 12.7. The highest BCUT2D eigenvalue weighted by Crippen LogP contribution is 2.33. The summed E-state index contributed by atoms with van der Waals surface area (Å²) < 4.78 is 0. The van der Waals surface area contributed by atoms with E-state index in [0.29, 0.717) is 48.0 Å². The highest BCUT2D eigenvalue weighted by molar-refractivity contribution is 6.26. The van der Waals surface area contributed by atoms with Crippen molar-refractivity contribution < 1.29 is 19.6 Å². The zero-order chi connectivity index (χ0) is 29.9. The van der Waals surface area contributed by atoms with Gasteiger partial charge in [-0.1, -0.05) is 60.7 Å². The van der Waals surface area contributed by atoms with E-state index in [2.05, 4.69) is 10.6 Å². The predicted octanol–water partition coefficient (Wildman–Crippen LogP) is 4.75. The van der Waals surface area contributed by atoms with Gasteiger partial charge in [-0.3, -0.25) is 24.5 Å². The van der Waals surface area contributed by atoms with Gasteiger partial charge in [0.15, 0.2) is 0 Å². The molecule has 0 saturated carbocycles. The molecule has 0 spiro atoms. The van der Waals surface area contributed by atoms with E-state index in [-0.39, 0.29) is 28.9 Å². The summed E-state index contributed by atoms with van der Waals surface area (Å²) in [6.45, 7) is 1.44. The van der Waals surface area contributed by atoms with Gasteiger partial charge >= 0.3 is 0 Å². The molecule has 0 bridgehead atoms. The van der Waals surface area contributed by atoms with Gasteiger partial charge < -0.3 is 21.1 Å². The van der Waals surface area contributed by atoms with E-state index in [1.807, 2.05) is 60.7 Å². The first-order valence-electron chi connectivity index (χ1n) is 14.0. The number of para-hydroxylation sites is 1. The molecule has 0 fully saturated rings. The molecule has 43 heavy (non-hydrogen) atoms. The molecular weight excluding hydrogens is 546 g/mol. The molecule has 0 saturated heterocycles. The first-order chi connectivity index (χ1) is 20.9. The molecule has 3 amide bonds. The summed E-state index contributed by atoms with van der Waals surface area (Å²) in [5.74, 6) is -1.12. The minimum atomic E-state index is -0.522. The third-order valence-corrected chi connectivity index (χ3v) is 7.49. The molecule has 216 valence electrons. The van der Waals surface area contributed by atoms with Crippen LogP contribution in [0.15, 0.2) is 91.0 Å². The number of rotatable bonds is 10. The number of carbonyl (C=O) groups excluding carboxylic acids is 3. The monoisotopic (exact) mass is 574 g/mol. The van der Waals surface area contributed by atoms with Crippen LogP contribution in [0, 0.1) is 5.21 Å². The fraction of sp³-hybridized carbons (Fsp3) is 0.152. The molecule has 10 nitrogen and oxygen atoms in total. The standard InChI is InChI=1S/C33H28N5O5/c39-31(26-20-29(21-8-2-1-3-9-21)36-28-13-5-4-11-24(26)28)35-15-7-14-34-16-17-37-32(40)25-12-6-10-22-18-23(38(42)43)19-27(30(22)25)33(37)41/h1-6,8-13,18-20,34,42H,7,14-17H2,(H,35,39)/q-1. The third kappa shape index (κ3) is 5.54. The molecular formula is C33H28N5O5-. The van der Waals surface area contributed by atoms with Gasteiger partial charge in [0, 0.05) is 41.5 Å². The van der Waals surface area contributed by atoms with Crippen LogP contribution in [0.2, 0.25) is 0 Å². The summed E-state index contributed by atoms with van der Waals surface area (Å²) in [6, 6.07) is 26.8. The predicted molar refractivity (Wildman–Crippen MR) is 164 cm³/mol. The Hall–Kier alpha value is -5.16. The molecule has 1 aliphatic rings. The molecule has 1 aromatic heterocycles. The minimum absolute atomic E-state index is 0.0847. The van der Waals surface area contributed by atoms with E-state index >= 15 is 0 Å². The Labute approximate surface area is 247 Å². The number of benzene rings is 4. The summed E-state index contributed by atoms with van der Waals surface area (Å²) in [5, 5.41) is 28.6. The second-order valence-corrected chi connectivity index (χ2v) is 10.2. The van der Waals surface area contributed by atoms with Gasteiger partial charge in [-0.2, -0.15) is 0 Å². The summed E-state index contributed by atoms with van der Waals surface area (Å²) >= 11 is 0. The average Bonchev–Trinajstić information content (AvgIpc) is 3.03. The molecule has 2 heterocycles. The first kappa shape index (κ1) is 28.0. The van der Waals surface area contributed by atoms with Crippen molar-refractivity contribution in [1.82, 2.24) is 20.5 Å². The molecule has 3 N–H and O–H groups in total.